The second kappa shape index (κ2) is 9.19. The molecule has 1 aromatic heterocycles. The number of hydrogen-bond donors (Lipinski definition) is 2. The zero-order chi connectivity index (χ0) is 19.9. The maximum Gasteiger partial charge on any atom is 0.341 e. The van der Waals surface area contributed by atoms with Gasteiger partial charge in [-0.15, -0.1) is 11.3 Å². The van der Waals surface area contributed by atoms with Gasteiger partial charge in [-0.2, -0.15) is 0 Å². The normalized spacial score (nSPS) is 10.4. The summed E-state index contributed by atoms with van der Waals surface area (Å²) < 4.78 is 5.21. The molecule has 6 heteroatoms. The fourth-order valence-corrected chi connectivity index (χ4v) is 3.68. The summed E-state index contributed by atoms with van der Waals surface area (Å²) in [5.41, 5.74) is 4.07. The number of ether oxygens (including phenoxy) is 1. The van der Waals surface area contributed by atoms with Crippen LogP contribution in [0.15, 0.2) is 60.0 Å². The van der Waals surface area contributed by atoms with Crippen LogP contribution in [-0.2, 0) is 9.53 Å². The first kappa shape index (κ1) is 19.6. The first-order chi connectivity index (χ1) is 13.6. The van der Waals surface area contributed by atoms with Gasteiger partial charge in [0.1, 0.15) is 10.6 Å². The van der Waals surface area contributed by atoms with E-state index in [0.29, 0.717) is 10.6 Å². The first-order valence-electron chi connectivity index (χ1n) is 9.03. The van der Waals surface area contributed by atoms with Crippen LogP contribution in [-0.4, -0.2) is 25.0 Å². The Morgan fingerprint density at radius 1 is 1.04 bits per heavy atom. The van der Waals surface area contributed by atoms with E-state index in [2.05, 4.69) is 10.6 Å². The van der Waals surface area contributed by atoms with Crippen molar-refractivity contribution in [3.8, 4) is 11.1 Å². The van der Waals surface area contributed by atoms with Crippen LogP contribution in [0.1, 0.15) is 22.8 Å². The van der Waals surface area contributed by atoms with E-state index < -0.39 is 5.97 Å². The van der Waals surface area contributed by atoms with Crippen LogP contribution >= 0.6 is 11.3 Å². The van der Waals surface area contributed by atoms with Gasteiger partial charge < -0.3 is 15.4 Å². The molecule has 144 valence electrons. The Morgan fingerprint density at radius 3 is 2.43 bits per heavy atom. The predicted octanol–water partition coefficient (Wildman–Crippen LogP) is 4.95. The van der Waals surface area contributed by atoms with Crippen LogP contribution in [0, 0.1) is 6.92 Å². The van der Waals surface area contributed by atoms with Crippen LogP contribution in [0.25, 0.3) is 11.1 Å². The molecule has 1 amide bonds. The van der Waals surface area contributed by atoms with Crippen molar-refractivity contribution in [3.63, 3.8) is 0 Å². The highest BCUT2D eigenvalue weighted by atomic mass is 32.1. The molecule has 3 aromatic rings. The lowest BCUT2D eigenvalue weighted by atomic mass is 10.0. The zero-order valence-electron chi connectivity index (χ0n) is 15.8. The quantitative estimate of drug-likeness (QED) is 0.556. The first-order valence-corrected chi connectivity index (χ1v) is 9.91. The number of hydrogen-bond acceptors (Lipinski definition) is 5. The number of anilines is 2. The van der Waals surface area contributed by atoms with Crippen molar-refractivity contribution >= 4 is 33.9 Å². The lowest BCUT2D eigenvalue weighted by Gasteiger charge is -2.10. The van der Waals surface area contributed by atoms with Gasteiger partial charge in [-0.25, -0.2) is 4.79 Å². The number of rotatable bonds is 7. The molecule has 1 heterocycles. The standard InChI is InChI=1S/C22H22N2O3S/c1-3-27-22(26)20-18(16-7-5-4-6-8-16)14-28-21(20)24-19(25)13-23-17-11-9-15(2)10-12-17/h4-12,14,23H,3,13H2,1-2H3,(H,24,25). The third-order valence-corrected chi connectivity index (χ3v) is 5.01. The molecule has 0 saturated carbocycles. The van der Waals surface area contributed by atoms with Crippen molar-refractivity contribution in [3.05, 3.63) is 71.1 Å². The van der Waals surface area contributed by atoms with Crippen LogP contribution in [0.2, 0.25) is 0 Å². The van der Waals surface area contributed by atoms with Crippen molar-refractivity contribution in [1.29, 1.82) is 0 Å². The molecule has 0 aliphatic rings. The molecule has 0 radical (unpaired) electrons. The highest BCUT2D eigenvalue weighted by molar-refractivity contribution is 7.15. The Kier molecular flexibility index (Phi) is 6.45. The molecule has 0 aliphatic carbocycles. The van der Waals surface area contributed by atoms with E-state index in [0.717, 1.165) is 22.4 Å². The van der Waals surface area contributed by atoms with Crippen molar-refractivity contribution in [2.75, 3.05) is 23.8 Å². The van der Waals surface area contributed by atoms with Gasteiger partial charge in [-0.05, 0) is 31.5 Å². The van der Waals surface area contributed by atoms with Gasteiger partial charge in [0.25, 0.3) is 0 Å². The summed E-state index contributed by atoms with van der Waals surface area (Å²) in [6.45, 7) is 4.14. The number of thiophene rings is 1. The number of aryl methyl sites for hydroxylation is 1. The second-order valence-electron chi connectivity index (χ2n) is 6.21. The number of carbonyl (C=O) groups excluding carboxylic acids is 2. The van der Waals surface area contributed by atoms with Crippen molar-refractivity contribution in [1.82, 2.24) is 0 Å². The van der Waals surface area contributed by atoms with Gasteiger partial charge in [0.15, 0.2) is 0 Å². The highest BCUT2D eigenvalue weighted by Gasteiger charge is 2.22. The lowest BCUT2D eigenvalue weighted by molar-refractivity contribution is -0.114. The minimum Gasteiger partial charge on any atom is -0.462 e. The van der Waals surface area contributed by atoms with E-state index in [-0.39, 0.29) is 19.1 Å². The van der Waals surface area contributed by atoms with E-state index >= 15 is 0 Å². The number of carbonyl (C=O) groups is 2. The molecule has 3 rings (SSSR count). The summed E-state index contributed by atoms with van der Waals surface area (Å²) in [5.74, 6) is -0.669. The van der Waals surface area contributed by atoms with Gasteiger partial charge in [-0.3, -0.25) is 4.79 Å². The summed E-state index contributed by atoms with van der Waals surface area (Å²) >= 11 is 1.32. The molecule has 0 atom stereocenters. The van der Waals surface area contributed by atoms with Gasteiger partial charge >= 0.3 is 5.97 Å². The Balaban J connectivity index is 1.77. The summed E-state index contributed by atoms with van der Waals surface area (Å²) in [5, 5.41) is 8.28. The fraction of sp³-hybridized carbons (Fsp3) is 0.182. The van der Waals surface area contributed by atoms with Gasteiger partial charge in [0.2, 0.25) is 5.91 Å². The topological polar surface area (TPSA) is 67.4 Å². The smallest absolute Gasteiger partial charge is 0.341 e. The van der Waals surface area contributed by atoms with Gasteiger partial charge in [0.05, 0.1) is 13.2 Å². The summed E-state index contributed by atoms with van der Waals surface area (Å²) in [4.78, 5) is 24.9. The molecule has 0 aliphatic heterocycles. The Morgan fingerprint density at radius 2 is 1.75 bits per heavy atom. The van der Waals surface area contributed by atoms with E-state index in [9.17, 15) is 9.59 Å². The van der Waals surface area contributed by atoms with Crippen LogP contribution < -0.4 is 10.6 Å². The third kappa shape index (κ3) is 4.78. The van der Waals surface area contributed by atoms with Crippen molar-refractivity contribution in [2.45, 2.75) is 13.8 Å². The molecule has 0 bridgehead atoms. The zero-order valence-corrected chi connectivity index (χ0v) is 16.6. The fourth-order valence-electron chi connectivity index (χ4n) is 2.71. The highest BCUT2D eigenvalue weighted by Crippen LogP contribution is 2.36. The summed E-state index contributed by atoms with van der Waals surface area (Å²) in [7, 11) is 0. The maximum atomic E-state index is 12.5. The predicted molar refractivity (Wildman–Crippen MR) is 114 cm³/mol. The minimum atomic E-state index is -0.440. The lowest BCUT2D eigenvalue weighted by Crippen LogP contribution is -2.22. The molecular formula is C22H22N2O3S. The largest absolute Gasteiger partial charge is 0.462 e. The van der Waals surface area contributed by atoms with Crippen LogP contribution in [0.3, 0.4) is 0 Å². The summed E-state index contributed by atoms with van der Waals surface area (Å²) in [6, 6.07) is 17.4. The molecule has 0 saturated heterocycles. The maximum absolute atomic E-state index is 12.5. The van der Waals surface area contributed by atoms with Gasteiger partial charge in [0, 0.05) is 16.6 Å². The van der Waals surface area contributed by atoms with Gasteiger partial charge in [-0.1, -0.05) is 48.0 Å². The molecule has 0 spiro atoms. The van der Waals surface area contributed by atoms with Crippen molar-refractivity contribution in [2.24, 2.45) is 0 Å². The van der Waals surface area contributed by atoms with E-state index in [4.69, 9.17) is 4.74 Å². The van der Waals surface area contributed by atoms with E-state index in [1.54, 1.807) is 6.92 Å². The van der Waals surface area contributed by atoms with E-state index in [1.165, 1.54) is 11.3 Å². The number of amides is 1. The molecule has 28 heavy (non-hydrogen) atoms. The molecule has 0 unspecified atom stereocenters. The number of esters is 1. The minimum absolute atomic E-state index is 0.101. The van der Waals surface area contributed by atoms with Crippen LogP contribution in [0.5, 0.6) is 0 Å². The molecule has 2 N–H and O–H groups in total. The SMILES string of the molecule is CCOC(=O)c1c(-c2ccccc2)csc1NC(=O)CNc1ccc(C)cc1. The Bertz CT molecular complexity index is 950. The van der Waals surface area contributed by atoms with Crippen molar-refractivity contribution < 1.29 is 14.3 Å². The average Bonchev–Trinajstić information content (AvgIpc) is 3.12. The number of nitrogens with one attached hydrogen (secondary N) is 2. The Hall–Kier alpha value is -3.12. The monoisotopic (exact) mass is 394 g/mol. The summed E-state index contributed by atoms with van der Waals surface area (Å²) in [6.07, 6.45) is 0. The molecular weight excluding hydrogens is 372 g/mol. The number of benzene rings is 2. The second-order valence-corrected chi connectivity index (χ2v) is 7.09. The van der Waals surface area contributed by atoms with E-state index in [1.807, 2.05) is 66.9 Å². The van der Waals surface area contributed by atoms with Crippen LogP contribution in [0.4, 0.5) is 10.7 Å². The molecule has 0 fully saturated rings. The average molecular weight is 394 g/mol. The third-order valence-electron chi connectivity index (χ3n) is 4.11. The molecule has 5 nitrogen and oxygen atoms in total. The Labute approximate surface area is 168 Å². The molecule has 2 aromatic carbocycles.